The van der Waals surface area contributed by atoms with Crippen molar-refractivity contribution in [3.05, 3.63) is 17.0 Å². The molecule has 0 saturated carbocycles. The number of rotatable bonds is 1. The monoisotopic (exact) mass is 255 g/mol. The van der Waals surface area contributed by atoms with Gasteiger partial charge in [-0.1, -0.05) is 11.6 Å². The lowest BCUT2D eigenvalue weighted by atomic mass is 9.98. The average Bonchev–Trinajstić information content (AvgIpc) is 2.44. The van der Waals surface area contributed by atoms with Crippen molar-refractivity contribution in [3.8, 4) is 0 Å². The largest absolute Gasteiger partial charge is 0.390 e. The van der Waals surface area contributed by atoms with Crippen molar-refractivity contribution in [2.75, 3.05) is 18.0 Å². The van der Waals surface area contributed by atoms with Gasteiger partial charge in [0.15, 0.2) is 0 Å². The summed E-state index contributed by atoms with van der Waals surface area (Å²) in [6.45, 7) is 5.54. The van der Waals surface area contributed by atoms with Crippen LogP contribution in [0.1, 0.15) is 31.7 Å². The zero-order valence-corrected chi connectivity index (χ0v) is 11.0. The van der Waals surface area contributed by atoms with E-state index in [2.05, 4.69) is 14.9 Å². The molecule has 5 heteroatoms. The van der Waals surface area contributed by atoms with Crippen LogP contribution < -0.4 is 4.90 Å². The molecule has 1 aromatic heterocycles. The van der Waals surface area contributed by atoms with Gasteiger partial charge in [-0.25, -0.2) is 9.97 Å². The molecule has 94 valence electrons. The smallest absolute Gasteiger partial charge is 0.137 e. The predicted molar refractivity (Wildman–Crippen MR) is 68.5 cm³/mol. The van der Waals surface area contributed by atoms with Crippen molar-refractivity contribution < 1.29 is 5.11 Å². The molecule has 1 aliphatic rings. The van der Waals surface area contributed by atoms with E-state index in [9.17, 15) is 5.11 Å². The van der Waals surface area contributed by atoms with Crippen molar-refractivity contribution in [2.24, 2.45) is 0 Å². The summed E-state index contributed by atoms with van der Waals surface area (Å²) in [5.41, 5.74) is 0.357. The van der Waals surface area contributed by atoms with Crippen LogP contribution in [-0.2, 0) is 0 Å². The van der Waals surface area contributed by atoms with Gasteiger partial charge < -0.3 is 10.0 Å². The molecule has 1 fully saturated rings. The molecular weight excluding hydrogens is 238 g/mol. The molecule has 1 unspecified atom stereocenters. The molecule has 0 bridgehead atoms. The molecular formula is C12H18ClN3O. The van der Waals surface area contributed by atoms with Crippen molar-refractivity contribution in [3.63, 3.8) is 0 Å². The molecule has 1 atom stereocenters. The summed E-state index contributed by atoms with van der Waals surface area (Å²) in [4.78, 5) is 10.5. The van der Waals surface area contributed by atoms with Crippen LogP contribution in [0.25, 0.3) is 0 Å². The van der Waals surface area contributed by atoms with Crippen LogP contribution in [0.4, 0.5) is 5.82 Å². The lowest BCUT2D eigenvalue weighted by Gasteiger charge is -2.24. The Labute approximate surface area is 107 Å². The first-order valence-electron chi connectivity index (χ1n) is 5.94. The van der Waals surface area contributed by atoms with Gasteiger partial charge in [-0.2, -0.15) is 0 Å². The van der Waals surface area contributed by atoms with E-state index in [4.69, 9.17) is 11.6 Å². The molecule has 1 aromatic rings. The first-order chi connectivity index (χ1) is 7.99. The second kappa shape index (κ2) is 4.78. The lowest BCUT2D eigenvalue weighted by Crippen LogP contribution is -2.29. The van der Waals surface area contributed by atoms with Gasteiger partial charge in [0, 0.05) is 18.7 Å². The van der Waals surface area contributed by atoms with Gasteiger partial charge in [-0.3, -0.25) is 0 Å². The fourth-order valence-electron chi connectivity index (χ4n) is 2.21. The number of hydrogen-bond donors (Lipinski definition) is 1. The first-order valence-corrected chi connectivity index (χ1v) is 6.32. The minimum atomic E-state index is -0.556. The molecule has 2 rings (SSSR count). The second-order valence-electron chi connectivity index (χ2n) is 4.95. The Balaban J connectivity index is 2.20. The van der Waals surface area contributed by atoms with Gasteiger partial charge in [0.25, 0.3) is 0 Å². The van der Waals surface area contributed by atoms with Crippen molar-refractivity contribution in [2.45, 2.75) is 38.7 Å². The molecule has 2 heterocycles. The molecule has 1 N–H and O–H groups in total. The number of halogens is 1. The van der Waals surface area contributed by atoms with Crippen molar-refractivity contribution >= 4 is 17.4 Å². The fraction of sp³-hybridized carbons (Fsp3) is 0.667. The number of aromatic nitrogens is 2. The van der Waals surface area contributed by atoms with Crippen LogP contribution >= 0.6 is 11.6 Å². The van der Waals surface area contributed by atoms with Crippen LogP contribution in [0, 0.1) is 6.92 Å². The zero-order valence-electron chi connectivity index (χ0n) is 10.3. The SMILES string of the molecule is Cc1c(Cl)ncnc1N1CCCC(C)(O)CC1. The maximum absolute atomic E-state index is 10.1. The topological polar surface area (TPSA) is 49.2 Å². The summed E-state index contributed by atoms with van der Waals surface area (Å²) in [7, 11) is 0. The Morgan fingerprint density at radius 1 is 1.35 bits per heavy atom. The third kappa shape index (κ3) is 2.87. The van der Waals surface area contributed by atoms with Crippen molar-refractivity contribution in [1.29, 1.82) is 0 Å². The summed E-state index contributed by atoms with van der Waals surface area (Å²) >= 11 is 6.00. The van der Waals surface area contributed by atoms with Crippen molar-refractivity contribution in [1.82, 2.24) is 9.97 Å². The van der Waals surface area contributed by atoms with E-state index >= 15 is 0 Å². The summed E-state index contributed by atoms with van der Waals surface area (Å²) in [6.07, 6.45) is 4.05. The van der Waals surface area contributed by atoms with Crippen LogP contribution in [0.15, 0.2) is 6.33 Å². The van der Waals surface area contributed by atoms with Gasteiger partial charge in [-0.15, -0.1) is 0 Å². The van der Waals surface area contributed by atoms with E-state index in [0.29, 0.717) is 5.15 Å². The number of aliphatic hydroxyl groups is 1. The van der Waals surface area contributed by atoms with Gasteiger partial charge in [-0.05, 0) is 33.1 Å². The third-order valence-corrected chi connectivity index (χ3v) is 3.74. The van der Waals surface area contributed by atoms with Gasteiger partial charge in [0.1, 0.15) is 17.3 Å². The van der Waals surface area contributed by atoms with E-state index in [1.165, 1.54) is 6.33 Å². The third-order valence-electron chi connectivity index (χ3n) is 3.36. The molecule has 0 spiro atoms. The number of nitrogens with zero attached hydrogens (tertiary/aromatic N) is 3. The van der Waals surface area contributed by atoms with Crippen LogP contribution in [0.2, 0.25) is 5.15 Å². The minimum absolute atomic E-state index is 0.506. The zero-order chi connectivity index (χ0) is 12.5. The normalized spacial score (nSPS) is 25.8. The molecule has 0 aromatic carbocycles. The molecule has 1 saturated heterocycles. The maximum atomic E-state index is 10.1. The van der Waals surface area contributed by atoms with Crippen LogP contribution in [-0.4, -0.2) is 33.8 Å². The Hall–Kier alpha value is -0.870. The Bertz CT molecular complexity index is 409. The first kappa shape index (κ1) is 12.6. The molecule has 1 aliphatic heterocycles. The average molecular weight is 256 g/mol. The maximum Gasteiger partial charge on any atom is 0.137 e. The second-order valence-corrected chi connectivity index (χ2v) is 5.31. The van der Waals surface area contributed by atoms with E-state index < -0.39 is 5.60 Å². The molecule has 0 aliphatic carbocycles. The highest BCUT2D eigenvalue weighted by Crippen LogP contribution is 2.27. The quantitative estimate of drug-likeness (QED) is 0.782. The Kier molecular flexibility index (Phi) is 3.54. The minimum Gasteiger partial charge on any atom is -0.390 e. The predicted octanol–water partition coefficient (Wildman–Crippen LogP) is 2.18. The molecule has 17 heavy (non-hydrogen) atoms. The van der Waals surface area contributed by atoms with Crippen LogP contribution in [0.3, 0.4) is 0 Å². The van der Waals surface area contributed by atoms with Crippen LogP contribution in [0.5, 0.6) is 0 Å². The van der Waals surface area contributed by atoms with Gasteiger partial charge in [0.2, 0.25) is 0 Å². The highest BCUT2D eigenvalue weighted by Gasteiger charge is 2.26. The summed E-state index contributed by atoms with van der Waals surface area (Å²) < 4.78 is 0. The van der Waals surface area contributed by atoms with E-state index in [1.807, 2.05) is 13.8 Å². The fourth-order valence-corrected chi connectivity index (χ4v) is 2.34. The lowest BCUT2D eigenvalue weighted by molar-refractivity contribution is 0.0481. The van der Waals surface area contributed by atoms with Gasteiger partial charge >= 0.3 is 0 Å². The van der Waals surface area contributed by atoms with E-state index in [0.717, 1.165) is 43.7 Å². The Morgan fingerprint density at radius 3 is 2.88 bits per heavy atom. The van der Waals surface area contributed by atoms with Gasteiger partial charge in [0.05, 0.1) is 5.60 Å². The summed E-state index contributed by atoms with van der Waals surface area (Å²) in [5, 5.41) is 10.6. The van der Waals surface area contributed by atoms with E-state index in [1.54, 1.807) is 0 Å². The Morgan fingerprint density at radius 2 is 2.12 bits per heavy atom. The van der Waals surface area contributed by atoms with E-state index in [-0.39, 0.29) is 0 Å². The molecule has 4 nitrogen and oxygen atoms in total. The highest BCUT2D eigenvalue weighted by molar-refractivity contribution is 6.30. The standard InChI is InChI=1S/C12H18ClN3O/c1-9-10(13)14-8-15-11(9)16-6-3-4-12(2,17)5-7-16/h8,17H,3-7H2,1-2H3. The highest BCUT2D eigenvalue weighted by atomic mass is 35.5. The summed E-state index contributed by atoms with van der Waals surface area (Å²) in [5.74, 6) is 0.891. The number of hydrogen-bond acceptors (Lipinski definition) is 4. The summed E-state index contributed by atoms with van der Waals surface area (Å²) in [6, 6.07) is 0. The number of anilines is 1. The molecule has 0 amide bonds. The molecule has 0 radical (unpaired) electrons.